The third-order valence-corrected chi connectivity index (χ3v) is 3.36. The van der Waals surface area contributed by atoms with Crippen LogP contribution in [0.1, 0.15) is 10.4 Å². The molecule has 5 nitrogen and oxygen atoms in total. The molecule has 1 spiro atoms. The van der Waals surface area contributed by atoms with Crippen molar-refractivity contribution in [1.82, 2.24) is 15.2 Å². The van der Waals surface area contributed by atoms with Crippen molar-refractivity contribution in [1.29, 1.82) is 0 Å². The van der Waals surface area contributed by atoms with E-state index in [1.165, 1.54) is 0 Å². The standard InChI is InChI=1S/C12H15N3O2/c16-11(10-1-3-13-4-2-10)15-5-6-17-12(9-15)7-14-8-12/h1-4,14H,5-9H2. The van der Waals surface area contributed by atoms with Crippen LogP contribution in [0.5, 0.6) is 0 Å². The molecule has 2 saturated heterocycles. The van der Waals surface area contributed by atoms with Gasteiger partial charge in [0.15, 0.2) is 0 Å². The number of nitrogens with zero attached hydrogens (tertiary/aromatic N) is 2. The van der Waals surface area contributed by atoms with Crippen LogP contribution < -0.4 is 5.32 Å². The number of ether oxygens (including phenoxy) is 1. The van der Waals surface area contributed by atoms with Gasteiger partial charge in [0, 0.05) is 37.6 Å². The molecular weight excluding hydrogens is 218 g/mol. The van der Waals surface area contributed by atoms with Crippen molar-refractivity contribution in [3.05, 3.63) is 30.1 Å². The molecule has 17 heavy (non-hydrogen) atoms. The maximum absolute atomic E-state index is 12.2. The average Bonchev–Trinajstić information content (AvgIpc) is 2.37. The summed E-state index contributed by atoms with van der Waals surface area (Å²) in [6.07, 6.45) is 3.29. The maximum Gasteiger partial charge on any atom is 0.254 e. The van der Waals surface area contributed by atoms with Crippen LogP contribution in [0.2, 0.25) is 0 Å². The summed E-state index contributed by atoms with van der Waals surface area (Å²) in [6.45, 7) is 3.66. The van der Waals surface area contributed by atoms with E-state index in [2.05, 4.69) is 10.3 Å². The fourth-order valence-electron chi connectivity index (χ4n) is 2.31. The number of morpholine rings is 1. The molecule has 2 fully saturated rings. The Kier molecular flexibility index (Phi) is 2.57. The van der Waals surface area contributed by atoms with E-state index in [4.69, 9.17) is 4.74 Å². The summed E-state index contributed by atoms with van der Waals surface area (Å²) in [4.78, 5) is 18.0. The van der Waals surface area contributed by atoms with Crippen LogP contribution in [0.15, 0.2) is 24.5 Å². The second-order valence-electron chi connectivity index (χ2n) is 4.60. The highest BCUT2D eigenvalue weighted by Gasteiger charge is 2.43. The van der Waals surface area contributed by atoms with Crippen LogP contribution in [0, 0.1) is 0 Å². The molecule has 5 heteroatoms. The lowest BCUT2D eigenvalue weighted by molar-refractivity contribution is -0.126. The van der Waals surface area contributed by atoms with E-state index in [9.17, 15) is 4.79 Å². The zero-order valence-corrected chi connectivity index (χ0v) is 9.56. The molecule has 0 saturated carbocycles. The number of rotatable bonds is 1. The molecule has 0 radical (unpaired) electrons. The van der Waals surface area contributed by atoms with Crippen molar-refractivity contribution in [2.24, 2.45) is 0 Å². The highest BCUT2D eigenvalue weighted by Crippen LogP contribution is 2.23. The van der Waals surface area contributed by atoms with Gasteiger partial charge in [-0.15, -0.1) is 0 Å². The van der Waals surface area contributed by atoms with Crippen LogP contribution >= 0.6 is 0 Å². The van der Waals surface area contributed by atoms with Crippen molar-refractivity contribution in [3.8, 4) is 0 Å². The second kappa shape index (κ2) is 4.09. The van der Waals surface area contributed by atoms with Gasteiger partial charge < -0.3 is 15.0 Å². The lowest BCUT2D eigenvalue weighted by Gasteiger charge is -2.48. The van der Waals surface area contributed by atoms with Crippen LogP contribution in [0.3, 0.4) is 0 Å². The predicted octanol–water partition coefficient (Wildman–Crippen LogP) is -0.104. The highest BCUT2D eigenvalue weighted by molar-refractivity contribution is 5.94. The SMILES string of the molecule is O=C(c1ccncc1)N1CCOC2(CNC2)C1. The number of amides is 1. The van der Waals surface area contributed by atoms with Crippen molar-refractivity contribution in [2.75, 3.05) is 32.8 Å². The number of carbonyl (C=O) groups excluding carboxylic acids is 1. The first kappa shape index (κ1) is 10.7. The van der Waals surface area contributed by atoms with Gasteiger partial charge in [0.1, 0.15) is 5.60 Å². The van der Waals surface area contributed by atoms with Crippen LogP contribution in [0.4, 0.5) is 0 Å². The summed E-state index contributed by atoms with van der Waals surface area (Å²) in [7, 11) is 0. The largest absolute Gasteiger partial charge is 0.369 e. The van der Waals surface area contributed by atoms with E-state index in [1.807, 2.05) is 4.90 Å². The molecule has 3 heterocycles. The van der Waals surface area contributed by atoms with Crippen molar-refractivity contribution < 1.29 is 9.53 Å². The molecule has 0 aliphatic carbocycles. The van der Waals surface area contributed by atoms with Crippen molar-refractivity contribution in [3.63, 3.8) is 0 Å². The summed E-state index contributed by atoms with van der Waals surface area (Å²) in [5.41, 5.74) is 0.561. The van der Waals surface area contributed by atoms with Gasteiger partial charge in [-0.2, -0.15) is 0 Å². The van der Waals surface area contributed by atoms with Crippen molar-refractivity contribution >= 4 is 5.91 Å². The van der Waals surface area contributed by atoms with E-state index < -0.39 is 0 Å². The third kappa shape index (κ3) is 1.92. The van der Waals surface area contributed by atoms with E-state index in [0.29, 0.717) is 25.3 Å². The molecule has 1 N–H and O–H groups in total. The maximum atomic E-state index is 12.2. The molecule has 1 aromatic rings. The average molecular weight is 233 g/mol. The molecule has 0 unspecified atom stereocenters. The highest BCUT2D eigenvalue weighted by atomic mass is 16.5. The number of pyridine rings is 1. The third-order valence-electron chi connectivity index (χ3n) is 3.36. The summed E-state index contributed by atoms with van der Waals surface area (Å²) in [5.74, 6) is 0.0713. The Hall–Kier alpha value is -1.46. The quantitative estimate of drug-likeness (QED) is 0.735. The molecular formula is C12H15N3O2. The molecule has 0 aromatic carbocycles. The predicted molar refractivity (Wildman–Crippen MR) is 61.7 cm³/mol. The lowest BCUT2D eigenvalue weighted by atomic mass is 9.94. The van der Waals surface area contributed by atoms with Gasteiger partial charge in [-0.3, -0.25) is 9.78 Å². The van der Waals surface area contributed by atoms with Gasteiger partial charge in [0.05, 0.1) is 13.2 Å². The lowest BCUT2D eigenvalue weighted by Crippen LogP contribution is -2.69. The van der Waals surface area contributed by atoms with Crippen LogP contribution in [-0.4, -0.2) is 54.2 Å². The number of hydrogen-bond donors (Lipinski definition) is 1. The molecule has 1 amide bonds. The number of nitrogens with one attached hydrogen (secondary N) is 1. The van der Waals surface area contributed by atoms with E-state index in [1.54, 1.807) is 24.5 Å². The zero-order chi connectivity index (χ0) is 11.7. The van der Waals surface area contributed by atoms with Gasteiger partial charge in [-0.1, -0.05) is 0 Å². The molecule has 0 atom stereocenters. The number of carbonyl (C=O) groups is 1. The van der Waals surface area contributed by atoms with Crippen LogP contribution in [0.25, 0.3) is 0 Å². The van der Waals surface area contributed by atoms with Crippen molar-refractivity contribution in [2.45, 2.75) is 5.60 Å². The smallest absolute Gasteiger partial charge is 0.254 e. The fourth-order valence-corrected chi connectivity index (χ4v) is 2.31. The first-order chi connectivity index (χ1) is 8.29. The summed E-state index contributed by atoms with van der Waals surface area (Å²) >= 11 is 0. The summed E-state index contributed by atoms with van der Waals surface area (Å²) < 4.78 is 5.75. The Morgan fingerprint density at radius 3 is 2.82 bits per heavy atom. The first-order valence-electron chi connectivity index (χ1n) is 5.83. The topological polar surface area (TPSA) is 54.5 Å². The Bertz CT molecular complexity index is 417. The Morgan fingerprint density at radius 1 is 1.41 bits per heavy atom. The van der Waals surface area contributed by atoms with Gasteiger partial charge in [-0.25, -0.2) is 0 Å². The molecule has 2 aliphatic heterocycles. The normalized spacial score (nSPS) is 22.2. The Labute approximate surface area is 99.8 Å². The monoisotopic (exact) mass is 233 g/mol. The van der Waals surface area contributed by atoms with E-state index in [-0.39, 0.29) is 11.5 Å². The minimum absolute atomic E-state index is 0.0713. The fraction of sp³-hybridized carbons (Fsp3) is 0.500. The Balaban J connectivity index is 1.74. The van der Waals surface area contributed by atoms with Crippen LogP contribution in [-0.2, 0) is 4.74 Å². The summed E-state index contributed by atoms with van der Waals surface area (Å²) in [5, 5.41) is 3.20. The minimum atomic E-state index is -0.138. The Morgan fingerprint density at radius 2 is 2.18 bits per heavy atom. The number of aromatic nitrogens is 1. The summed E-state index contributed by atoms with van der Waals surface area (Å²) in [6, 6.07) is 3.51. The minimum Gasteiger partial charge on any atom is -0.369 e. The zero-order valence-electron chi connectivity index (χ0n) is 9.56. The first-order valence-corrected chi connectivity index (χ1v) is 5.83. The van der Waals surface area contributed by atoms with Gasteiger partial charge >= 0.3 is 0 Å². The number of hydrogen-bond acceptors (Lipinski definition) is 4. The van der Waals surface area contributed by atoms with Gasteiger partial charge in [0.2, 0.25) is 0 Å². The van der Waals surface area contributed by atoms with Gasteiger partial charge in [-0.05, 0) is 12.1 Å². The second-order valence-corrected chi connectivity index (χ2v) is 4.60. The molecule has 0 bridgehead atoms. The van der Waals surface area contributed by atoms with E-state index in [0.717, 1.165) is 13.1 Å². The molecule has 1 aromatic heterocycles. The molecule has 2 aliphatic rings. The molecule has 3 rings (SSSR count). The van der Waals surface area contributed by atoms with Gasteiger partial charge in [0.25, 0.3) is 5.91 Å². The molecule has 90 valence electrons. The van der Waals surface area contributed by atoms with E-state index >= 15 is 0 Å².